The SMILES string of the molecule is [CH2]CC(C)(O)C(=O)O. The highest BCUT2D eigenvalue weighted by Gasteiger charge is 2.26. The third-order valence-electron chi connectivity index (χ3n) is 0.948. The number of carboxylic acids is 1. The zero-order valence-corrected chi connectivity index (χ0v) is 4.72. The van der Waals surface area contributed by atoms with E-state index in [0.29, 0.717) is 0 Å². The molecular weight excluding hydrogens is 108 g/mol. The second-order valence-corrected chi connectivity index (χ2v) is 1.83. The number of aliphatic hydroxyl groups is 1. The average Bonchev–Trinajstić information content (AvgIpc) is 1.67. The van der Waals surface area contributed by atoms with Gasteiger partial charge in [0.2, 0.25) is 0 Å². The standard InChI is InChI=1S/C5H9O3/c1-3-5(2,8)4(6)7/h8H,1,3H2,2H3,(H,6,7). The van der Waals surface area contributed by atoms with Gasteiger partial charge in [-0.3, -0.25) is 0 Å². The number of hydrogen-bond acceptors (Lipinski definition) is 2. The Bertz CT molecular complexity index is 95.8. The Labute approximate surface area is 47.9 Å². The van der Waals surface area contributed by atoms with Gasteiger partial charge in [-0.1, -0.05) is 0 Å². The highest BCUT2D eigenvalue weighted by atomic mass is 16.4. The maximum Gasteiger partial charge on any atom is 0.335 e. The maximum absolute atomic E-state index is 9.96. The van der Waals surface area contributed by atoms with Crippen LogP contribution in [0.1, 0.15) is 13.3 Å². The van der Waals surface area contributed by atoms with E-state index in [1.807, 2.05) is 0 Å². The summed E-state index contributed by atoms with van der Waals surface area (Å²) in [5, 5.41) is 16.9. The molecule has 0 bridgehead atoms. The first-order valence-corrected chi connectivity index (χ1v) is 2.25. The van der Waals surface area contributed by atoms with Crippen molar-refractivity contribution < 1.29 is 15.0 Å². The molecule has 0 rings (SSSR count). The Balaban J connectivity index is 3.91. The Morgan fingerprint density at radius 1 is 1.88 bits per heavy atom. The van der Waals surface area contributed by atoms with Crippen LogP contribution in [0.5, 0.6) is 0 Å². The minimum Gasteiger partial charge on any atom is -0.479 e. The highest BCUT2D eigenvalue weighted by molar-refractivity contribution is 5.76. The van der Waals surface area contributed by atoms with Gasteiger partial charge in [-0.25, -0.2) is 4.79 Å². The summed E-state index contributed by atoms with van der Waals surface area (Å²) in [6.07, 6.45) is -0.0116. The molecule has 0 aliphatic heterocycles. The second kappa shape index (κ2) is 2.13. The van der Waals surface area contributed by atoms with Gasteiger partial charge >= 0.3 is 5.97 Å². The van der Waals surface area contributed by atoms with Crippen LogP contribution in [-0.2, 0) is 4.79 Å². The summed E-state index contributed by atoms with van der Waals surface area (Å²) in [7, 11) is 0. The molecule has 0 aliphatic carbocycles. The zero-order valence-electron chi connectivity index (χ0n) is 4.72. The topological polar surface area (TPSA) is 57.5 Å². The monoisotopic (exact) mass is 117 g/mol. The van der Waals surface area contributed by atoms with Crippen molar-refractivity contribution in [3.05, 3.63) is 6.92 Å². The van der Waals surface area contributed by atoms with Crippen molar-refractivity contribution in [2.75, 3.05) is 0 Å². The lowest BCUT2D eigenvalue weighted by Gasteiger charge is -2.13. The number of carbonyl (C=O) groups is 1. The molecule has 3 heteroatoms. The number of carboxylic acid groups (broad SMARTS) is 1. The fourth-order valence-electron chi connectivity index (χ4n) is 0.107. The Morgan fingerprint density at radius 3 is 2.25 bits per heavy atom. The highest BCUT2D eigenvalue weighted by Crippen LogP contribution is 2.06. The lowest BCUT2D eigenvalue weighted by molar-refractivity contribution is -0.156. The maximum atomic E-state index is 9.96. The van der Waals surface area contributed by atoms with Gasteiger partial charge in [0.05, 0.1) is 0 Å². The van der Waals surface area contributed by atoms with E-state index in [1.165, 1.54) is 6.92 Å². The summed E-state index contributed by atoms with van der Waals surface area (Å²) in [5.74, 6) is -1.23. The van der Waals surface area contributed by atoms with E-state index in [9.17, 15) is 4.79 Å². The minimum atomic E-state index is -1.65. The molecule has 0 aromatic rings. The van der Waals surface area contributed by atoms with Crippen LogP contribution in [0.3, 0.4) is 0 Å². The molecule has 0 amide bonds. The van der Waals surface area contributed by atoms with Crippen molar-refractivity contribution in [2.24, 2.45) is 0 Å². The molecule has 0 aliphatic rings. The molecule has 47 valence electrons. The molecule has 0 saturated heterocycles. The first-order chi connectivity index (χ1) is 3.50. The lowest BCUT2D eigenvalue weighted by Crippen LogP contribution is -2.33. The van der Waals surface area contributed by atoms with Crippen molar-refractivity contribution >= 4 is 5.97 Å². The molecule has 0 aromatic heterocycles. The van der Waals surface area contributed by atoms with Gasteiger partial charge in [-0.15, -0.1) is 0 Å². The Kier molecular flexibility index (Phi) is 1.98. The second-order valence-electron chi connectivity index (χ2n) is 1.83. The van der Waals surface area contributed by atoms with Gasteiger partial charge < -0.3 is 10.2 Å². The van der Waals surface area contributed by atoms with Crippen molar-refractivity contribution in [3.8, 4) is 0 Å². The first kappa shape index (κ1) is 7.43. The van der Waals surface area contributed by atoms with Crippen molar-refractivity contribution in [3.63, 3.8) is 0 Å². The van der Waals surface area contributed by atoms with E-state index in [-0.39, 0.29) is 6.42 Å². The normalized spacial score (nSPS) is 17.4. The third-order valence-corrected chi connectivity index (χ3v) is 0.948. The molecule has 1 radical (unpaired) electrons. The van der Waals surface area contributed by atoms with Gasteiger partial charge in [0, 0.05) is 0 Å². The van der Waals surface area contributed by atoms with Crippen molar-refractivity contribution in [1.82, 2.24) is 0 Å². The van der Waals surface area contributed by atoms with E-state index in [0.717, 1.165) is 0 Å². The van der Waals surface area contributed by atoms with Gasteiger partial charge in [-0.2, -0.15) is 0 Å². The van der Waals surface area contributed by atoms with E-state index in [1.54, 1.807) is 0 Å². The van der Waals surface area contributed by atoms with Crippen LogP contribution >= 0.6 is 0 Å². The van der Waals surface area contributed by atoms with Crippen LogP contribution < -0.4 is 0 Å². The molecule has 0 aromatic carbocycles. The summed E-state index contributed by atoms with van der Waals surface area (Å²) in [4.78, 5) is 9.96. The van der Waals surface area contributed by atoms with E-state index < -0.39 is 11.6 Å². The molecular formula is C5H9O3. The summed E-state index contributed by atoms with van der Waals surface area (Å²) in [6, 6.07) is 0. The van der Waals surface area contributed by atoms with Gasteiger partial charge in [0.15, 0.2) is 5.60 Å². The van der Waals surface area contributed by atoms with Crippen LogP contribution in [0.15, 0.2) is 0 Å². The Morgan fingerprint density at radius 2 is 2.25 bits per heavy atom. The molecule has 8 heavy (non-hydrogen) atoms. The van der Waals surface area contributed by atoms with Crippen LogP contribution in [0.4, 0.5) is 0 Å². The van der Waals surface area contributed by atoms with E-state index >= 15 is 0 Å². The van der Waals surface area contributed by atoms with Crippen molar-refractivity contribution in [2.45, 2.75) is 18.9 Å². The molecule has 0 heterocycles. The molecule has 0 spiro atoms. The molecule has 0 saturated carbocycles. The lowest BCUT2D eigenvalue weighted by atomic mass is 10.1. The predicted octanol–water partition coefficient (Wildman–Crippen LogP) is 0.0462. The summed E-state index contributed by atoms with van der Waals surface area (Å²) in [5.41, 5.74) is -1.65. The molecule has 1 unspecified atom stereocenters. The number of hydrogen-bond donors (Lipinski definition) is 2. The fourth-order valence-corrected chi connectivity index (χ4v) is 0.107. The molecule has 0 fully saturated rings. The quantitative estimate of drug-likeness (QED) is 0.537. The fraction of sp³-hybridized carbons (Fsp3) is 0.600. The molecule has 2 N–H and O–H groups in total. The summed E-state index contributed by atoms with van der Waals surface area (Å²) >= 11 is 0. The van der Waals surface area contributed by atoms with Gasteiger partial charge in [0.1, 0.15) is 0 Å². The van der Waals surface area contributed by atoms with Crippen LogP contribution in [0.2, 0.25) is 0 Å². The number of rotatable bonds is 2. The number of aliphatic carboxylic acids is 1. The first-order valence-electron chi connectivity index (χ1n) is 2.25. The summed E-state index contributed by atoms with van der Waals surface area (Å²) in [6.45, 7) is 4.46. The zero-order chi connectivity index (χ0) is 6.78. The van der Waals surface area contributed by atoms with Gasteiger partial charge in [0.25, 0.3) is 0 Å². The predicted molar refractivity (Wildman–Crippen MR) is 28.2 cm³/mol. The minimum absolute atomic E-state index is 0.0116. The van der Waals surface area contributed by atoms with Crippen LogP contribution in [-0.4, -0.2) is 21.8 Å². The van der Waals surface area contributed by atoms with Crippen LogP contribution in [0.25, 0.3) is 0 Å². The Hall–Kier alpha value is -0.570. The van der Waals surface area contributed by atoms with E-state index in [4.69, 9.17) is 10.2 Å². The average molecular weight is 117 g/mol. The van der Waals surface area contributed by atoms with E-state index in [2.05, 4.69) is 6.92 Å². The molecule has 1 atom stereocenters. The van der Waals surface area contributed by atoms with Gasteiger partial charge in [-0.05, 0) is 20.3 Å². The van der Waals surface area contributed by atoms with Crippen molar-refractivity contribution in [1.29, 1.82) is 0 Å². The largest absolute Gasteiger partial charge is 0.479 e. The molecule has 3 nitrogen and oxygen atoms in total. The smallest absolute Gasteiger partial charge is 0.335 e. The van der Waals surface area contributed by atoms with Crippen LogP contribution in [0, 0.1) is 6.92 Å². The summed E-state index contributed by atoms with van der Waals surface area (Å²) < 4.78 is 0. The third kappa shape index (κ3) is 1.50.